The molecule has 0 N–H and O–H groups in total. The average Bonchev–Trinajstić information content (AvgIpc) is 2.93. The molecular weight excluding hydrogens is 287 g/mol. The summed E-state index contributed by atoms with van der Waals surface area (Å²) < 4.78 is 18.4. The van der Waals surface area contributed by atoms with Crippen molar-refractivity contribution in [1.82, 2.24) is 0 Å². The maximum atomic E-state index is 6.17. The summed E-state index contributed by atoms with van der Waals surface area (Å²) >= 11 is 0. The monoisotopic (exact) mass is 312 g/mol. The molecule has 2 aromatic rings. The van der Waals surface area contributed by atoms with Crippen molar-refractivity contribution in [1.29, 1.82) is 0 Å². The largest absolute Gasteiger partial charge is 0.494 e. The zero-order chi connectivity index (χ0) is 16.8. The summed E-state index contributed by atoms with van der Waals surface area (Å²) in [5, 5.41) is 1.08. The quantitative estimate of drug-likeness (QED) is 0.742. The van der Waals surface area contributed by atoms with Crippen molar-refractivity contribution < 1.29 is 13.7 Å². The molecule has 0 atom stereocenters. The minimum absolute atomic E-state index is 0.370. The van der Waals surface area contributed by atoms with Gasteiger partial charge in [0.15, 0.2) is 0 Å². The third-order valence-corrected chi connectivity index (χ3v) is 5.00. The zero-order valence-electron chi connectivity index (χ0n) is 14.7. The topological polar surface area (TPSA) is 31.6 Å². The van der Waals surface area contributed by atoms with E-state index in [9.17, 15) is 0 Å². The second-order valence-corrected chi connectivity index (χ2v) is 7.26. The average molecular weight is 312 g/mol. The van der Waals surface area contributed by atoms with Crippen molar-refractivity contribution in [3.8, 4) is 0 Å². The first-order valence-corrected chi connectivity index (χ1v) is 8.32. The first-order valence-electron chi connectivity index (χ1n) is 8.32. The van der Waals surface area contributed by atoms with Crippen LogP contribution >= 0.6 is 0 Å². The Morgan fingerprint density at radius 2 is 1.70 bits per heavy atom. The fourth-order valence-electron chi connectivity index (χ4n) is 2.95. The molecular formula is C19H25BO3. The Kier molecular flexibility index (Phi) is 3.93. The number of fused-ring (bicyclic) bond motifs is 1. The zero-order valence-corrected chi connectivity index (χ0v) is 14.7. The summed E-state index contributed by atoms with van der Waals surface area (Å²) in [7, 11) is -0.448. The van der Waals surface area contributed by atoms with Gasteiger partial charge in [-0.05, 0) is 45.7 Å². The van der Waals surface area contributed by atoms with Crippen molar-refractivity contribution in [3.63, 3.8) is 0 Å². The van der Waals surface area contributed by atoms with E-state index in [1.54, 1.807) is 0 Å². The molecule has 0 bridgehead atoms. The highest BCUT2D eigenvalue weighted by atomic mass is 16.7. The predicted octanol–water partition coefficient (Wildman–Crippen LogP) is 5.03. The predicted molar refractivity (Wildman–Crippen MR) is 95.3 cm³/mol. The molecule has 122 valence electrons. The smallest absolute Gasteiger partial charge is 0.460 e. The molecule has 3 nitrogen and oxygen atoms in total. The number of benzene rings is 1. The fourth-order valence-corrected chi connectivity index (χ4v) is 2.95. The first kappa shape index (κ1) is 16.3. The van der Waals surface area contributed by atoms with E-state index in [1.165, 1.54) is 0 Å². The molecule has 1 saturated heterocycles. The molecule has 23 heavy (non-hydrogen) atoms. The maximum Gasteiger partial charge on any atom is 0.494 e. The molecule has 0 aliphatic carbocycles. The summed E-state index contributed by atoms with van der Waals surface area (Å²) in [6.45, 7) is 14.7. The van der Waals surface area contributed by atoms with E-state index in [0.29, 0.717) is 0 Å². The molecule has 0 amide bonds. The number of hydrogen-bond donors (Lipinski definition) is 0. The number of para-hydroxylation sites is 1. The van der Waals surface area contributed by atoms with Crippen LogP contribution in [0.25, 0.3) is 16.4 Å². The van der Waals surface area contributed by atoms with Crippen molar-refractivity contribution in [2.24, 2.45) is 0 Å². The number of hydrogen-bond acceptors (Lipinski definition) is 3. The molecule has 0 spiro atoms. The molecule has 4 heteroatoms. The van der Waals surface area contributed by atoms with Crippen LogP contribution in [0.5, 0.6) is 0 Å². The minimum atomic E-state index is -0.448. The summed E-state index contributed by atoms with van der Waals surface area (Å²) in [6.07, 6.45) is 1.89. The maximum absolute atomic E-state index is 6.17. The van der Waals surface area contributed by atoms with E-state index in [2.05, 4.69) is 47.3 Å². The Balaban J connectivity index is 2.03. The van der Waals surface area contributed by atoms with Gasteiger partial charge < -0.3 is 13.7 Å². The Labute approximate surface area is 138 Å². The SMILES string of the molecule is C=C(B1OC(C)(C)C(C)(C)O1)c1c(CCC)oc2ccccc12. The van der Waals surface area contributed by atoms with Crippen LogP contribution in [0, 0.1) is 0 Å². The molecule has 1 aliphatic heterocycles. The molecule has 1 aliphatic rings. The van der Waals surface area contributed by atoms with E-state index in [-0.39, 0.29) is 11.2 Å². The highest BCUT2D eigenvalue weighted by molar-refractivity contribution is 6.69. The fraction of sp³-hybridized carbons (Fsp3) is 0.474. The molecule has 0 unspecified atom stereocenters. The number of furan rings is 1. The number of aryl methyl sites for hydroxylation is 1. The van der Waals surface area contributed by atoms with Gasteiger partial charge in [-0.1, -0.05) is 31.7 Å². The van der Waals surface area contributed by atoms with Crippen LogP contribution < -0.4 is 0 Å². The molecule has 0 radical (unpaired) electrons. The standard InChI is InChI=1S/C19H25BO3/c1-7-10-16-17(14-11-8-9-12-15(14)21-16)13(2)20-22-18(3,4)19(5,6)23-20/h8-9,11-12H,2,7,10H2,1,3-6H3. The van der Waals surface area contributed by atoms with Gasteiger partial charge in [0.2, 0.25) is 0 Å². The lowest BCUT2D eigenvalue weighted by atomic mass is 9.74. The summed E-state index contributed by atoms with van der Waals surface area (Å²) in [5.41, 5.74) is 2.04. The molecule has 1 aromatic carbocycles. The lowest BCUT2D eigenvalue weighted by molar-refractivity contribution is 0.00578. The van der Waals surface area contributed by atoms with Crippen molar-refractivity contribution in [3.05, 3.63) is 42.2 Å². The van der Waals surface area contributed by atoms with Crippen LogP contribution in [0.4, 0.5) is 0 Å². The van der Waals surface area contributed by atoms with Gasteiger partial charge in [-0.25, -0.2) is 0 Å². The summed E-state index contributed by atoms with van der Waals surface area (Å²) in [4.78, 5) is 0. The van der Waals surface area contributed by atoms with Gasteiger partial charge in [0, 0.05) is 17.4 Å². The number of rotatable bonds is 4. The van der Waals surface area contributed by atoms with Crippen LogP contribution in [-0.4, -0.2) is 18.3 Å². The Bertz CT molecular complexity index is 726. The second kappa shape index (κ2) is 5.54. The van der Waals surface area contributed by atoms with Gasteiger partial charge in [-0.2, -0.15) is 0 Å². The summed E-state index contributed by atoms with van der Waals surface area (Å²) in [5.74, 6) is 0.966. The lowest BCUT2D eigenvalue weighted by Crippen LogP contribution is -2.41. The van der Waals surface area contributed by atoms with Crippen molar-refractivity contribution in [2.45, 2.75) is 58.7 Å². The third-order valence-electron chi connectivity index (χ3n) is 5.00. The third kappa shape index (κ3) is 2.64. The van der Waals surface area contributed by atoms with Gasteiger partial charge >= 0.3 is 7.12 Å². The van der Waals surface area contributed by atoms with E-state index in [1.807, 2.05) is 18.2 Å². The van der Waals surface area contributed by atoms with Gasteiger partial charge in [-0.3, -0.25) is 0 Å². The van der Waals surface area contributed by atoms with E-state index in [0.717, 1.165) is 40.6 Å². The normalized spacial score (nSPS) is 19.4. The minimum Gasteiger partial charge on any atom is -0.460 e. The molecule has 3 rings (SSSR count). The second-order valence-electron chi connectivity index (χ2n) is 7.26. The van der Waals surface area contributed by atoms with Gasteiger partial charge in [-0.15, -0.1) is 0 Å². The van der Waals surface area contributed by atoms with Crippen LogP contribution in [0.1, 0.15) is 52.4 Å². The Morgan fingerprint density at radius 3 is 2.30 bits per heavy atom. The van der Waals surface area contributed by atoms with Crippen LogP contribution in [0.15, 0.2) is 35.3 Å². The lowest BCUT2D eigenvalue weighted by Gasteiger charge is -2.32. The highest BCUT2D eigenvalue weighted by Crippen LogP contribution is 2.42. The van der Waals surface area contributed by atoms with Gasteiger partial charge in [0.05, 0.1) is 11.2 Å². The van der Waals surface area contributed by atoms with Crippen LogP contribution in [-0.2, 0) is 15.7 Å². The van der Waals surface area contributed by atoms with E-state index >= 15 is 0 Å². The Hall–Kier alpha value is -1.52. The van der Waals surface area contributed by atoms with Crippen molar-refractivity contribution >= 4 is 23.6 Å². The highest BCUT2D eigenvalue weighted by Gasteiger charge is 2.52. The van der Waals surface area contributed by atoms with Gasteiger partial charge in [0.25, 0.3) is 0 Å². The van der Waals surface area contributed by atoms with Crippen molar-refractivity contribution in [2.75, 3.05) is 0 Å². The van der Waals surface area contributed by atoms with Gasteiger partial charge in [0.1, 0.15) is 11.3 Å². The van der Waals surface area contributed by atoms with Crippen LogP contribution in [0.3, 0.4) is 0 Å². The Morgan fingerprint density at radius 1 is 1.09 bits per heavy atom. The molecule has 2 heterocycles. The molecule has 1 aromatic heterocycles. The summed E-state index contributed by atoms with van der Waals surface area (Å²) in [6, 6.07) is 8.08. The van der Waals surface area contributed by atoms with E-state index in [4.69, 9.17) is 13.7 Å². The first-order chi connectivity index (χ1) is 10.8. The van der Waals surface area contributed by atoms with Crippen LogP contribution in [0.2, 0.25) is 0 Å². The van der Waals surface area contributed by atoms with E-state index < -0.39 is 7.12 Å². The molecule has 0 saturated carbocycles. The molecule has 1 fully saturated rings.